The van der Waals surface area contributed by atoms with E-state index in [0.29, 0.717) is 0 Å². The van der Waals surface area contributed by atoms with E-state index in [-0.39, 0.29) is 5.41 Å². The molecule has 0 radical (unpaired) electrons. The van der Waals surface area contributed by atoms with E-state index in [1.54, 1.807) is 0 Å². The van der Waals surface area contributed by atoms with Crippen LogP contribution >= 0.6 is 38.5 Å². The molecule has 0 nitrogen and oxygen atoms in total. The Labute approximate surface area is 124 Å². The minimum atomic E-state index is 0.107. The van der Waals surface area contributed by atoms with Gasteiger partial charge in [-0.3, -0.25) is 0 Å². The van der Waals surface area contributed by atoms with E-state index in [2.05, 4.69) is 88.8 Å². The highest BCUT2D eigenvalue weighted by molar-refractivity contribution is 14.1. The summed E-state index contributed by atoms with van der Waals surface area (Å²) >= 11 is 6.01. The van der Waals surface area contributed by atoms with Crippen molar-refractivity contribution in [3.8, 4) is 11.1 Å². The van der Waals surface area contributed by atoms with Crippen LogP contribution in [0, 0.1) is 3.57 Å². The Morgan fingerprint density at radius 2 is 1.82 bits per heavy atom. The summed E-state index contributed by atoms with van der Waals surface area (Å²) in [5.74, 6) is 0. The van der Waals surface area contributed by atoms with Crippen molar-refractivity contribution in [3.05, 3.63) is 55.6 Å². The summed E-state index contributed by atoms with van der Waals surface area (Å²) in [4.78, 5) is 0. The largest absolute Gasteiger partial charge is 0.0609 e. The van der Waals surface area contributed by atoms with E-state index < -0.39 is 0 Å². The number of hydrogen-bond donors (Lipinski definition) is 0. The van der Waals surface area contributed by atoms with Gasteiger partial charge in [-0.25, -0.2) is 0 Å². The summed E-state index contributed by atoms with van der Waals surface area (Å²) < 4.78 is 2.50. The fourth-order valence-corrected chi connectivity index (χ4v) is 3.87. The summed E-state index contributed by atoms with van der Waals surface area (Å²) in [6, 6.07) is 13.2. The first-order valence-electron chi connectivity index (χ1n) is 5.61. The standard InChI is InChI=1S/C15H12BrI/c1-15(2)11-4-3-5-13(17)14(11)10-7-6-9(16)8-12(10)15/h3-8H,1-2H3. The van der Waals surface area contributed by atoms with Crippen LogP contribution in [0.25, 0.3) is 11.1 Å². The second-order valence-electron chi connectivity index (χ2n) is 4.98. The van der Waals surface area contributed by atoms with Crippen LogP contribution in [0.2, 0.25) is 0 Å². The van der Waals surface area contributed by atoms with Crippen molar-refractivity contribution in [2.24, 2.45) is 0 Å². The van der Waals surface area contributed by atoms with Gasteiger partial charge in [0.05, 0.1) is 0 Å². The minimum Gasteiger partial charge on any atom is -0.0609 e. The molecule has 0 aliphatic heterocycles. The monoisotopic (exact) mass is 398 g/mol. The molecule has 0 spiro atoms. The van der Waals surface area contributed by atoms with Crippen molar-refractivity contribution in [1.29, 1.82) is 0 Å². The summed E-state index contributed by atoms with van der Waals surface area (Å²) in [7, 11) is 0. The van der Waals surface area contributed by atoms with E-state index in [1.165, 1.54) is 25.8 Å². The predicted molar refractivity (Wildman–Crippen MR) is 84.4 cm³/mol. The van der Waals surface area contributed by atoms with Crippen LogP contribution in [-0.4, -0.2) is 0 Å². The molecule has 17 heavy (non-hydrogen) atoms. The zero-order valence-corrected chi connectivity index (χ0v) is 13.5. The molecule has 0 amide bonds. The lowest BCUT2D eigenvalue weighted by molar-refractivity contribution is 0.660. The first kappa shape index (κ1) is 11.7. The molecular formula is C15H12BrI. The Hall–Kier alpha value is -0.350. The van der Waals surface area contributed by atoms with Gasteiger partial charge < -0.3 is 0 Å². The third-order valence-corrected chi connectivity index (χ3v) is 5.00. The van der Waals surface area contributed by atoms with Gasteiger partial charge in [-0.15, -0.1) is 0 Å². The maximum absolute atomic E-state index is 3.58. The Morgan fingerprint density at radius 1 is 1.06 bits per heavy atom. The van der Waals surface area contributed by atoms with Crippen LogP contribution in [0.4, 0.5) is 0 Å². The van der Waals surface area contributed by atoms with Crippen molar-refractivity contribution >= 4 is 38.5 Å². The molecule has 3 rings (SSSR count). The molecule has 0 bridgehead atoms. The first-order valence-corrected chi connectivity index (χ1v) is 7.48. The van der Waals surface area contributed by atoms with Crippen LogP contribution < -0.4 is 0 Å². The topological polar surface area (TPSA) is 0 Å². The third kappa shape index (κ3) is 1.60. The highest BCUT2D eigenvalue weighted by Gasteiger charge is 2.36. The van der Waals surface area contributed by atoms with Crippen molar-refractivity contribution in [2.45, 2.75) is 19.3 Å². The molecule has 0 saturated carbocycles. The smallest absolute Gasteiger partial charge is 0.0211 e. The Balaban J connectivity index is 2.43. The SMILES string of the molecule is CC1(C)c2cc(Br)ccc2-c2c(I)cccc21. The molecule has 2 heteroatoms. The summed E-state index contributed by atoms with van der Waals surface area (Å²) in [6.07, 6.45) is 0. The van der Waals surface area contributed by atoms with Gasteiger partial charge in [0.25, 0.3) is 0 Å². The molecule has 1 aliphatic rings. The maximum Gasteiger partial charge on any atom is 0.0211 e. The van der Waals surface area contributed by atoms with Crippen molar-refractivity contribution < 1.29 is 0 Å². The zero-order chi connectivity index (χ0) is 12.2. The Morgan fingerprint density at radius 3 is 2.59 bits per heavy atom. The van der Waals surface area contributed by atoms with E-state index in [4.69, 9.17) is 0 Å². The van der Waals surface area contributed by atoms with E-state index >= 15 is 0 Å². The van der Waals surface area contributed by atoms with Crippen LogP contribution in [0.1, 0.15) is 25.0 Å². The lowest BCUT2D eigenvalue weighted by Crippen LogP contribution is -2.14. The van der Waals surface area contributed by atoms with Gasteiger partial charge in [-0.2, -0.15) is 0 Å². The van der Waals surface area contributed by atoms with E-state index in [9.17, 15) is 0 Å². The summed E-state index contributed by atoms with van der Waals surface area (Å²) in [5, 5.41) is 0. The van der Waals surface area contributed by atoms with Crippen molar-refractivity contribution in [3.63, 3.8) is 0 Å². The zero-order valence-electron chi connectivity index (χ0n) is 9.72. The Bertz CT molecular complexity index is 614. The average Bonchev–Trinajstić information content (AvgIpc) is 2.50. The number of hydrogen-bond acceptors (Lipinski definition) is 0. The van der Waals surface area contributed by atoms with Gasteiger partial charge in [0.1, 0.15) is 0 Å². The quantitative estimate of drug-likeness (QED) is 0.524. The number of benzene rings is 2. The minimum absolute atomic E-state index is 0.107. The Kier molecular flexibility index (Phi) is 2.63. The van der Waals surface area contributed by atoms with E-state index in [1.807, 2.05) is 0 Å². The van der Waals surface area contributed by atoms with Gasteiger partial charge >= 0.3 is 0 Å². The fourth-order valence-electron chi connectivity index (χ4n) is 2.72. The number of fused-ring (bicyclic) bond motifs is 3. The number of rotatable bonds is 0. The second-order valence-corrected chi connectivity index (χ2v) is 7.06. The van der Waals surface area contributed by atoms with Crippen LogP contribution in [0.15, 0.2) is 40.9 Å². The lowest BCUT2D eigenvalue weighted by Gasteiger charge is -2.21. The molecule has 86 valence electrons. The third-order valence-electron chi connectivity index (χ3n) is 3.61. The van der Waals surface area contributed by atoms with Crippen molar-refractivity contribution in [1.82, 2.24) is 0 Å². The molecule has 0 atom stereocenters. The molecule has 2 aromatic rings. The predicted octanol–water partition coefficient (Wildman–Crippen LogP) is 5.36. The average molecular weight is 399 g/mol. The fraction of sp³-hybridized carbons (Fsp3) is 0.200. The molecule has 1 aliphatic carbocycles. The highest BCUT2D eigenvalue weighted by atomic mass is 127. The van der Waals surface area contributed by atoms with Crippen LogP contribution in [0.5, 0.6) is 0 Å². The van der Waals surface area contributed by atoms with Gasteiger partial charge in [-0.05, 0) is 63.0 Å². The van der Waals surface area contributed by atoms with Gasteiger partial charge in [0, 0.05) is 13.5 Å². The summed E-state index contributed by atoms with van der Waals surface area (Å²) in [5.41, 5.74) is 5.78. The normalized spacial score (nSPS) is 15.5. The maximum atomic E-state index is 3.58. The van der Waals surface area contributed by atoms with E-state index in [0.717, 1.165) is 4.47 Å². The highest BCUT2D eigenvalue weighted by Crippen LogP contribution is 2.50. The second kappa shape index (κ2) is 3.82. The molecule has 0 aromatic heterocycles. The van der Waals surface area contributed by atoms with Crippen LogP contribution in [-0.2, 0) is 5.41 Å². The lowest BCUT2D eigenvalue weighted by atomic mass is 9.82. The molecule has 0 unspecified atom stereocenters. The first-order chi connectivity index (χ1) is 8.01. The molecule has 2 aromatic carbocycles. The molecular weight excluding hydrogens is 387 g/mol. The molecule has 0 saturated heterocycles. The molecule has 0 N–H and O–H groups in total. The number of halogens is 2. The van der Waals surface area contributed by atoms with Gasteiger partial charge in [0.15, 0.2) is 0 Å². The van der Waals surface area contributed by atoms with Gasteiger partial charge in [-0.1, -0.05) is 48.0 Å². The van der Waals surface area contributed by atoms with Crippen molar-refractivity contribution in [2.75, 3.05) is 0 Å². The molecule has 0 heterocycles. The molecule has 0 fully saturated rings. The van der Waals surface area contributed by atoms with Crippen LogP contribution in [0.3, 0.4) is 0 Å². The summed E-state index contributed by atoms with van der Waals surface area (Å²) in [6.45, 7) is 4.61. The van der Waals surface area contributed by atoms with Gasteiger partial charge in [0.2, 0.25) is 0 Å².